The van der Waals surface area contributed by atoms with Crippen LogP contribution in [0.4, 0.5) is 13.2 Å². The Hall–Kier alpha value is -3.06. The molecule has 0 saturated heterocycles. The number of thiophene rings is 1. The molecule has 8 heteroatoms. The molecule has 2 heterocycles. The number of ketones is 1. The third kappa shape index (κ3) is 9.05. The van der Waals surface area contributed by atoms with Crippen LogP contribution in [0.3, 0.4) is 0 Å². The van der Waals surface area contributed by atoms with Crippen molar-refractivity contribution < 1.29 is 43.2 Å². The van der Waals surface area contributed by atoms with E-state index in [9.17, 15) is 23.1 Å². The van der Waals surface area contributed by atoms with Gasteiger partial charge in [-0.1, -0.05) is 103 Å². The second-order valence-corrected chi connectivity index (χ2v) is 14.8. The van der Waals surface area contributed by atoms with Gasteiger partial charge in [0, 0.05) is 64.7 Å². The summed E-state index contributed by atoms with van der Waals surface area (Å²) in [5, 5.41) is 14.0. The minimum atomic E-state index is -4.27. The molecular weight excluding hydrogens is 832 g/mol. The van der Waals surface area contributed by atoms with E-state index >= 15 is 0 Å². The standard InChI is InChI=1S/C29H25F3NS.C13H24O2.Ir/c1-17(2)24-15-20(14-18-8-5-6-10-21(18)24)25-27-23(12-13-33-25)22-11-7-9-19(26(22)34-27)16-28(3,4)29(30,31)32;1-5-10(6-2)12(14)9-13(15)11(7-3)8-4;/h5-13,15,17H,16H2,1-4H3;9-11,14H,5-8H2,1-4H3;/q-1;;/b;12-9-;. The summed E-state index contributed by atoms with van der Waals surface area (Å²) in [5.41, 5.74) is 1.88. The summed E-state index contributed by atoms with van der Waals surface area (Å²) in [6, 6.07) is 21.6. The molecule has 2 aromatic heterocycles. The largest absolute Gasteiger partial charge is 0.512 e. The fourth-order valence-corrected chi connectivity index (χ4v) is 7.64. The molecule has 0 aliphatic rings. The van der Waals surface area contributed by atoms with Gasteiger partial charge in [-0.3, -0.25) is 9.78 Å². The van der Waals surface area contributed by atoms with Crippen LogP contribution in [-0.4, -0.2) is 22.1 Å². The summed E-state index contributed by atoms with van der Waals surface area (Å²) in [4.78, 5) is 16.4. The molecule has 0 aliphatic carbocycles. The molecule has 1 radical (unpaired) electrons. The fourth-order valence-electron chi connectivity index (χ4n) is 6.33. The topological polar surface area (TPSA) is 50.2 Å². The van der Waals surface area contributed by atoms with E-state index in [4.69, 9.17) is 4.98 Å². The van der Waals surface area contributed by atoms with Crippen LogP contribution >= 0.6 is 11.3 Å². The van der Waals surface area contributed by atoms with E-state index in [1.165, 1.54) is 42.2 Å². The molecule has 0 atom stereocenters. The number of rotatable bonds is 11. The number of hydrogen-bond acceptors (Lipinski definition) is 4. The van der Waals surface area contributed by atoms with Crippen molar-refractivity contribution in [2.75, 3.05) is 0 Å². The van der Waals surface area contributed by atoms with Crippen LogP contribution in [0.2, 0.25) is 0 Å². The number of carbonyl (C=O) groups is 1. The molecule has 0 aliphatic heterocycles. The Kier molecular flexibility index (Phi) is 14.4. The second-order valence-electron chi connectivity index (χ2n) is 13.8. The molecule has 0 spiro atoms. The Bertz CT molecular complexity index is 1930. The van der Waals surface area contributed by atoms with E-state index in [0.717, 1.165) is 68.1 Å². The zero-order chi connectivity index (χ0) is 36.1. The number of aliphatic hydroxyl groups is 1. The van der Waals surface area contributed by atoms with Crippen LogP contribution in [0.1, 0.15) is 98.1 Å². The second kappa shape index (κ2) is 17.4. The van der Waals surface area contributed by atoms with Gasteiger partial charge in [0.05, 0.1) is 11.2 Å². The monoisotopic (exact) mass is 881 g/mol. The molecule has 0 unspecified atom stereocenters. The average molecular weight is 881 g/mol. The zero-order valence-electron chi connectivity index (χ0n) is 30.3. The molecule has 271 valence electrons. The molecular formula is C42H49F3IrNO2S-. The molecule has 0 saturated carbocycles. The summed E-state index contributed by atoms with van der Waals surface area (Å²) in [6.45, 7) is 15.0. The molecule has 5 aromatic rings. The summed E-state index contributed by atoms with van der Waals surface area (Å²) in [7, 11) is 0. The first-order valence-corrected chi connectivity index (χ1v) is 18.2. The molecule has 5 rings (SSSR count). The minimum absolute atomic E-state index is 0. The predicted molar refractivity (Wildman–Crippen MR) is 200 cm³/mol. The maximum Gasteiger partial charge on any atom is 0.394 e. The zero-order valence-corrected chi connectivity index (χ0v) is 33.5. The van der Waals surface area contributed by atoms with Gasteiger partial charge in [0.2, 0.25) is 0 Å². The molecule has 0 fully saturated rings. The molecule has 0 bridgehead atoms. The van der Waals surface area contributed by atoms with Crippen LogP contribution in [0.15, 0.2) is 72.6 Å². The number of aromatic nitrogens is 1. The maximum absolute atomic E-state index is 13.6. The van der Waals surface area contributed by atoms with E-state index in [1.54, 1.807) is 6.20 Å². The molecule has 1 N–H and O–H groups in total. The van der Waals surface area contributed by atoms with Crippen molar-refractivity contribution in [1.82, 2.24) is 4.98 Å². The quantitative estimate of drug-likeness (QED) is 0.0817. The van der Waals surface area contributed by atoms with Crippen LogP contribution < -0.4 is 0 Å². The average Bonchev–Trinajstić information content (AvgIpc) is 3.45. The number of hydrogen-bond donors (Lipinski definition) is 1. The van der Waals surface area contributed by atoms with E-state index in [1.807, 2.05) is 64.1 Å². The number of benzene rings is 3. The van der Waals surface area contributed by atoms with E-state index in [-0.39, 0.29) is 49.9 Å². The summed E-state index contributed by atoms with van der Waals surface area (Å²) >= 11 is 1.53. The Balaban J connectivity index is 0.000000361. The summed E-state index contributed by atoms with van der Waals surface area (Å²) in [5.74, 6) is 0.877. The number of carbonyl (C=O) groups excluding carboxylic acids is 1. The number of nitrogens with zero attached hydrogens (tertiary/aromatic N) is 1. The van der Waals surface area contributed by atoms with E-state index in [0.29, 0.717) is 5.92 Å². The van der Waals surface area contributed by atoms with E-state index < -0.39 is 11.6 Å². The van der Waals surface area contributed by atoms with Crippen molar-refractivity contribution in [1.29, 1.82) is 0 Å². The number of aliphatic hydroxyl groups excluding tert-OH is 1. The Morgan fingerprint density at radius 1 is 0.880 bits per heavy atom. The smallest absolute Gasteiger partial charge is 0.394 e. The van der Waals surface area contributed by atoms with Crippen molar-refractivity contribution in [3.63, 3.8) is 0 Å². The minimum Gasteiger partial charge on any atom is -0.512 e. The third-order valence-corrected chi connectivity index (χ3v) is 11.0. The van der Waals surface area contributed by atoms with Crippen LogP contribution in [-0.2, 0) is 31.3 Å². The Morgan fingerprint density at radius 3 is 2.08 bits per heavy atom. The van der Waals surface area contributed by atoms with Crippen molar-refractivity contribution in [2.45, 2.75) is 99.6 Å². The van der Waals surface area contributed by atoms with Gasteiger partial charge in [0.15, 0.2) is 5.78 Å². The first-order chi connectivity index (χ1) is 23.2. The maximum atomic E-state index is 13.6. The molecule has 50 heavy (non-hydrogen) atoms. The van der Waals surface area contributed by atoms with Crippen molar-refractivity contribution >= 4 is 48.1 Å². The molecule has 3 aromatic carbocycles. The van der Waals surface area contributed by atoms with Crippen LogP contribution in [0.5, 0.6) is 0 Å². The van der Waals surface area contributed by atoms with Gasteiger partial charge in [-0.15, -0.1) is 40.5 Å². The van der Waals surface area contributed by atoms with Crippen LogP contribution in [0.25, 0.3) is 42.2 Å². The number of halogens is 3. The number of fused-ring (bicyclic) bond motifs is 4. The Morgan fingerprint density at radius 2 is 1.48 bits per heavy atom. The fraction of sp³-hybridized carbons (Fsp3) is 0.429. The number of pyridine rings is 1. The summed E-state index contributed by atoms with van der Waals surface area (Å²) < 4.78 is 42.8. The third-order valence-electron chi connectivity index (χ3n) is 9.66. The SMILES string of the molecule is CC(C)c1cc(-c2nccc3c2sc2c(CC(C)(C)C(F)(F)F)cccc23)[c-]c2ccccc12.CCC(CC)C(=O)/C=C(\O)C(CC)CC.[Ir]. The Labute approximate surface area is 312 Å². The van der Waals surface area contributed by atoms with Crippen molar-refractivity contribution in [2.24, 2.45) is 17.3 Å². The van der Waals surface area contributed by atoms with Gasteiger partial charge in [-0.05, 0) is 55.0 Å². The molecule has 0 amide bonds. The van der Waals surface area contributed by atoms with Crippen LogP contribution in [0, 0.1) is 23.3 Å². The van der Waals surface area contributed by atoms with E-state index in [2.05, 4.69) is 38.1 Å². The normalized spacial score (nSPS) is 12.6. The van der Waals surface area contributed by atoms with Gasteiger partial charge in [0.1, 0.15) is 0 Å². The van der Waals surface area contributed by atoms with Crippen molar-refractivity contribution in [3.8, 4) is 11.3 Å². The van der Waals surface area contributed by atoms with Gasteiger partial charge in [-0.25, -0.2) is 0 Å². The van der Waals surface area contributed by atoms with Crippen molar-refractivity contribution in [3.05, 3.63) is 89.8 Å². The first kappa shape index (κ1) is 41.4. The number of allylic oxidation sites excluding steroid dienone is 2. The predicted octanol–water partition coefficient (Wildman–Crippen LogP) is 13.2. The van der Waals surface area contributed by atoms with Gasteiger partial charge < -0.3 is 5.11 Å². The first-order valence-electron chi connectivity index (χ1n) is 17.4. The number of alkyl halides is 3. The van der Waals surface area contributed by atoms with Gasteiger partial charge in [-0.2, -0.15) is 13.2 Å². The van der Waals surface area contributed by atoms with Gasteiger partial charge in [0.25, 0.3) is 0 Å². The summed E-state index contributed by atoms with van der Waals surface area (Å²) in [6.07, 6.45) is 2.35. The van der Waals surface area contributed by atoms with Gasteiger partial charge >= 0.3 is 6.18 Å². The molecule has 3 nitrogen and oxygen atoms in total.